The molecule has 0 saturated heterocycles. The first-order valence-electron chi connectivity index (χ1n) is 9.06. The third kappa shape index (κ3) is 4.56. The molecule has 0 bridgehead atoms. The molecule has 1 aromatic rings. The van der Waals surface area contributed by atoms with Crippen LogP contribution in [0.5, 0.6) is 0 Å². The van der Waals surface area contributed by atoms with Crippen LogP contribution < -0.4 is 5.32 Å². The molecule has 1 aliphatic heterocycles. The quantitative estimate of drug-likeness (QED) is 0.606. The molecule has 0 spiro atoms. The van der Waals surface area contributed by atoms with E-state index in [0.717, 1.165) is 0 Å². The van der Waals surface area contributed by atoms with E-state index < -0.39 is 17.9 Å². The molecule has 0 unspecified atom stereocenters. The van der Waals surface area contributed by atoms with Gasteiger partial charge in [0.15, 0.2) is 0 Å². The Balaban J connectivity index is 2.72. The van der Waals surface area contributed by atoms with Gasteiger partial charge in [-0.15, -0.1) is 0 Å². The molecule has 1 aromatic carbocycles. The van der Waals surface area contributed by atoms with Crippen molar-refractivity contribution < 1.29 is 23.9 Å². The summed E-state index contributed by atoms with van der Waals surface area (Å²) in [6, 6.07) is 7.29. The molecule has 0 radical (unpaired) electrons. The van der Waals surface area contributed by atoms with Crippen molar-refractivity contribution in [3.63, 3.8) is 0 Å². The SMILES string of the molecule is COC(=O)C1=C(C)NC(C)=C(C(=O)OC)C1c1ccccc1/C=C/C(=O)N(C)C. The van der Waals surface area contributed by atoms with Gasteiger partial charge in [-0.2, -0.15) is 0 Å². The minimum atomic E-state index is -0.702. The van der Waals surface area contributed by atoms with Crippen LogP contribution in [-0.4, -0.2) is 51.1 Å². The Labute approximate surface area is 170 Å². The number of hydrogen-bond donors (Lipinski definition) is 1. The number of hydrogen-bond acceptors (Lipinski definition) is 6. The molecule has 1 N–H and O–H groups in total. The number of ether oxygens (including phenoxy) is 2. The normalized spacial score (nSPS) is 14.7. The maximum absolute atomic E-state index is 12.6. The van der Waals surface area contributed by atoms with Crippen molar-refractivity contribution in [1.29, 1.82) is 0 Å². The topological polar surface area (TPSA) is 84.9 Å². The minimum absolute atomic E-state index is 0.176. The van der Waals surface area contributed by atoms with E-state index in [0.29, 0.717) is 33.7 Å². The number of carbonyl (C=O) groups is 3. The van der Waals surface area contributed by atoms with Gasteiger partial charge in [0.25, 0.3) is 0 Å². The average molecular weight is 398 g/mol. The number of benzene rings is 1. The summed E-state index contributed by atoms with van der Waals surface area (Å²) < 4.78 is 9.98. The Morgan fingerprint density at radius 2 is 1.48 bits per heavy atom. The summed E-state index contributed by atoms with van der Waals surface area (Å²) in [4.78, 5) is 38.7. The maximum Gasteiger partial charge on any atom is 0.336 e. The van der Waals surface area contributed by atoms with Crippen LogP contribution in [0.15, 0.2) is 52.9 Å². The van der Waals surface area contributed by atoms with Crippen LogP contribution in [0.3, 0.4) is 0 Å². The molecule has 0 aliphatic carbocycles. The molecule has 1 heterocycles. The van der Waals surface area contributed by atoms with Crippen LogP contribution in [-0.2, 0) is 23.9 Å². The van der Waals surface area contributed by atoms with Gasteiger partial charge in [-0.1, -0.05) is 24.3 Å². The van der Waals surface area contributed by atoms with Gasteiger partial charge in [0, 0.05) is 31.6 Å². The van der Waals surface area contributed by atoms with Crippen molar-refractivity contribution in [2.75, 3.05) is 28.3 Å². The average Bonchev–Trinajstić information content (AvgIpc) is 2.70. The highest BCUT2D eigenvalue weighted by atomic mass is 16.5. The van der Waals surface area contributed by atoms with E-state index >= 15 is 0 Å². The van der Waals surface area contributed by atoms with Gasteiger partial charge in [0.05, 0.1) is 31.3 Å². The first kappa shape index (κ1) is 21.9. The van der Waals surface area contributed by atoms with Gasteiger partial charge in [-0.25, -0.2) is 9.59 Å². The van der Waals surface area contributed by atoms with Gasteiger partial charge in [0.1, 0.15) is 0 Å². The Kier molecular flexibility index (Phi) is 6.98. The largest absolute Gasteiger partial charge is 0.466 e. The number of carbonyl (C=O) groups excluding carboxylic acids is 3. The second-order valence-electron chi connectivity index (χ2n) is 6.81. The fourth-order valence-electron chi connectivity index (χ4n) is 3.30. The van der Waals surface area contributed by atoms with E-state index in [2.05, 4.69) is 5.32 Å². The molecule has 0 aromatic heterocycles. The van der Waals surface area contributed by atoms with Crippen LogP contribution in [0.2, 0.25) is 0 Å². The summed E-state index contributed by atoms with van der Waals surface area (Å²) in [5.41, 5.74) is 3.22. The van der Waals surface area contributed by atoms with E-state index in [1.54, 1.807) is 34.0 Å². The molecule has 1 amide bonds. The number of nitrogens with one attached hydrogen (secondary N) is 1. The number of nitrogens with zero attached hydrogens (tertiary/aromatic N) is 1. The van der Waals surface area contributed by atoms with Crippen LogP contribution in [0, 0.1) is 0 Å². The lowest BCUT2D eigenvalue weighted by atomic mass is 9.78. The molecule has 7 heteroatoms. The smallest absolute Gasteiger partial charge is 0.336 e. The summed E-state index contributed by atoms with van der Waals surface area (Å²) >= 11 is 0. The lowest BCUT2D eigenvalue weighted by Gasteiger charge is -2.30. The van der Waals surface area contributed by atoms with Gasteiger partial charge in [-0.3, -0.25) is 4.79 Å². The van der Waals surface area contributed by atoms with Crippen molar-refractivity contribution >= 4 is 23.9 Å². The highest BCUT2D eigenvalue weighted by molar-refractivity contribution is 6.00. The summed E-state index contributed by atoms with van der Waals surface area (Å²) in [6.45, 7) is 3.51. The standard InChI is InChI=1S/C22H26N2O5/c1-13-18(21(26)28-5)20(19(14(2)23-13)22(27)29-6)16-10-8-7-9-15(16)11-12-17(25)24(3)4/h7-12,20,23H,1-6H3/b12-11+. The molecule has 1 aliphatic rings. The number of esters is 2. The summed E-state index contributed by atoms with van der Waals surface area (Å²) in [5, 5.41) is 3.07. The minimum Gasteiger partial charge on any atom is -0.466 e. The summed E-state index contributed by atoms with van der Waals surface area (Å²) in [5.74, 6) is -1.97. The van der Waals surface area contributed by atoms with E-state index in [4.69, 9.17) is 9.47 Å². The zero-order chi connectivity index (χ0) is 21.7. The van der Waals surface area contributed by atoms with Crippen molar-refractivity contribution in [2.24, 2.45) is 0 Å². The van der Waals surface area contributed by atoms with E-state index in [1.807, 2.05) is 24.3 Å². The summed E-state index contributed by atoms with van der Waals surface area (Å²) in [7, 11) is 5.91. The number of amides is 1. The zero-order valence-electron chi connectivity index (χ0n) is 17.5. The molecule has 29 heavy (non-hydrogen) atoms. The second kappa shape index (κ2) is 9.23. The first-order valence-corrected chi connectivity index (χ1v) is 9.06. The monoisotopic (exact) mass is 398 g/mol. The van der Waals surface area contributed by atoms with Crippen molar-refractivity contribution in [3.8, 4) is 0 Å². The lowest BCUT2D eigenvalue weighted by Crippen LogP contribution is -2.32. The number of allylic oxidation sites excluding steroid dienone is 2. The molecule has 2 rings (SSSR count). The van der Waals surface area contributed by atoms with Crippen molar-refractivity contribution in [3.05, 3.63) is 64.0 Å². The number of methoxy groups -OCH3 is 2. The highest BCUT2D eigenvalue weighted by Gasteiger charge is 2.38. The van der Waals surface area contributed by atoms with Crippen LogP contribution in [0.4, 0.5) is 0 Å². The lowest BCUT2D eigenvalue weighted by molar-refractivity contribution is -0.137. The number of dihydropyridines is 1. The Hall–Kier alpha value is -3.35. The zero-order valence-corrected chi connectivity index (χ0v) is 17.5. The van der Waals surface area contributed by atoms with E-state index in [1.165, 1.54) is 25.2 Å². The molecule has 0 saturated carbocycles. The third-order valence-corrected chi connectivity index (χ3v) is 4.72. The molecular weight excluding hydrogens is 372 g/mol. The first-order chi connectivity index (χ1) is 13.7. The molecule has 0 fully saturated rings. The maximum atomic E-state index is 12.6. The molecule has 154 valence electrons. The highest BCUT2D eigenvalue weighted by Crippen LogP contribution is 2.40. The summed E-state index contributed by atoms with van der Waals surface area (Å²) in [6.07, 6.45) is 3.12. The van der Waals surface area contributed by atoms with E-state index in [-0.39, 0.29) is 5.91 Å². The van der Waals surface area contributed by atoms with Crippen molar-refractivity contribution in [2.45, 2.75) is 19.8 Å². The van der Waals surface area contributed by atoms with Crippen molar-refractivity contribution in [1.82, 2.24) is 10.2 Å². The Morgan fingerprint density at radius 1 is 0.966 bits per heavy atom. The fourth-order valence-corrected chi connectivity index (χ4v) is 3.30. The van der Waals surface area contributed by atoms with Crippen LogP contribution in [0.25, 0.3) is 6.08 Å². The number of rotatable bonds is 5. The third-order valence-electron chi connectivity index (χ3n) is 4.72. The van der Waals surface area contributed by atoms with Crippen LogP contribution in [0.1, 0.15) is 30.9 Å². The van der Waals surface area contributed by atoms with Gasteiger partial charge in [0.2, 0.25) is 5.91 Å². The van der Waals surface area contributed by atoms with Gasteiger partial charge < -0.3 is 19.7 Å². The van der Waals surface area contributed by atoms with Gasteiger partial charge in [-0.05, 0) is 31.1 Å². The number of likely N-dealkylation sites (N-methyl/N-ethyl adjacent to an activating group) is 1. The molecule has 7 nitrogen and oxygen atoms in total. The Bertz CT molecular complexity index is 887. The Morgan fingerprint density at radius 3 is 1.97 bits per heavy atom. The van der Waals surface area contributed by atoms with Crippen LogP contribution >= 0.6 is 0 Å². The molecular formula is C22H26N2O5. The second-order valence-corrected chi connectivity index (χ2v) is 6.81. The van der Waals surface area contributed by atoms with E-state index in [9.17, 15) is 14.4 Å². The molecule has 0 atom stereocenters. The predicted molar refractivity (Wildman–Crippen MR) is 109 cm³/mol. The fraction of sp³-hybridized carbons (Fsp3) is 0.318. The predicted octanol–water partition coefficient (Wildman–Crippen LogP) is 2.37. The van der Waals surface area contributed by atoms with Gasteiger partial charge >= 0.3 is 11.9 Å².